The summed E-state index contributed by atoms with van der Waals surface area (Å²) in [6.45, 7) is 14.5. The predicted octanol–water partition coefficient (Wildman–Crippen LogP) is 0.586. The SMILES string of the molecule is C[Si](C)(C)N(c1cc[c-]cc1)[Si](C)(C)C.[Cl-].[Mg+2]. The van der Waals surface area contributed by atoms with Crippen molar-refractivity contribution in [1.29, 1.82) is 0 Å². The van der Waals surface area contributed by atoms with E-state index in [1.54, 1.807) is 0 Å². The number of halogens is 1. The zero-order valence-electron chi connectivity index (χ0n) is 11.8. The summed E-state index contributed by atoms with van der Waals surface area (Å²) in [4.78, 5) is 0. The minimum absolute atomic E-state index is 0. The summed E-state index contributed by atoms with van der Waals surface area (Å²) in [6, 6.07) is 11.5. The molecule has 0 aliphatic heterocycles. The fraction of sp³-hybridized carbons (Fsp3) is 0.500. The van der Waals surface area contributed by atoms with Gasteiger partial charge in [0.05, 0.1) is 0 Å². The van der Waals surface area contributed by atoms with E-state index in [0.717, 1.165) is 0 Å². The molecule has 0 saturated carbocycles. The zero-order valence-corrected chi connectivity index (χ0v) is 16.0. The zero-order chi connectivity index (χ0) is 11.7. The molecular weight excluding hydrogens is 274 g/mol. The summed E-state index contributed by atoms with van der Waals surface area (Å²) >= 11 is 0. The Kier molecular flexibility index (Phi) is 8.39. The van der Waals surface area contributed by atoms with E-state index in [1.165, 1.54) is 5.69 Å². The van der Waals surface area contributed by atoms with E-state index in [2.05, 4.69) is 61.7 Å². The molecule has 92 valence electrons. The number of benzene rings is 1. The van der Waals surface area contributed by atoms with Crippen molar-refractivity contribution in [3.63, 3.8) is 0 Å². The molecular formula is C12H22ClMgNSi2. The van der Waals surface area contributed by atoms with Crippen molar-refractivity contribution < 1.29 is 12.4 Å². The van der Waals surface area contributed by atoms with Crippen LogP contribution in [-0.4, -0.2) is 39.5 Å². The Morgan fingerprint density at radius 1 is 0.882 bits per heavy atom. The number of rotatable bonds is 3. The van der Waals surface area contributed by atoms with Gasteiger partial charge in [-0.1, -0.05) is 45.0 Å². The Morgan fingerprint density at radius 3 is 1.53 bits per heavy atom. The average molecular weight is 296 g/mol. The molecule has 0 N–H and O–H groups in total. The smallest absolute Gasteiger partial charge is 1.00 e. The Labute approximate surface area is 131 Å². The third kappa shape index (κ3) is 5.79. The molecule has 0 radical (unpaired) electrons. The minimum atomic E-state index is -1.28. The second kappa shape index (κ2) is 7.19. The van der Waals surface area contributed by atoms with Crippen LogP contribution in [0.3, 0.4) is 0 Å². The van der Waals surface area contributed by atoms with Crippen LogP contribution in [0.2, 0.25) is 39.3 Å². The first-order chi connectivity index (χ1) is 6.73. The molecule has 0 saturated heterocycles. The molecule has 1 nitrogen and oxygen atoms in total. The van der Waals surface area contributed by atoms with Gasteiger partial charge in [-0.2, -0.15) is 18.2 Å². The molecule has 0 bridgehead atoms. The molecule has 1 rings (SSSR count). The maximum absolute atomic E-state index is 3.09. The molecule has 1 aromatic carbocycles. The summed E-state index contributed by atoms with van der Waals surface area (Å²) in [5.74, 6) is 0. The van der Waals surface area contributed by atoms with Crippen LogP contribution < -0.4 is 16.6 Å². The Morgan fingerprint density at radius 2 is 1.24 bits per heavy atom. The van der Waals surface area contributed by atoms with Gasteiger partial charge in [-0.25, -0.2) is 0 Å². The number of nitrogens with zero attached hydrogens (tertiary/aromatic N) is 1. The maximum Gasteiger partial charge on any atom is 2.00 e. The van der Waals surface area contributed by atoms with Crippen LogP contribution in [0.5, 0.6) is 0 Å². The molecule has 0 amide bonds. The monoisotopic (exact) mass is 295 g/mol. The van der Waals surface area contributed by atoms with Crippen LogP contribution in [0, 0.1) is 6.07 Å². The number of hydrogen-bond acceptors (Lipinski definition) is 1. The van der Waals surface area contributed by atoms with Gasteiger partial charge in [0.1, 0.15) is 16.5 Å². The minimum Gasteiger partial charge on any atom is -1.00 e. The van der Waals surface area contributed by atoms with Gasteiger partial charge in [0, 0.05) is 0 Å². The van der Waals surface area contributed by atoms with Crippen molar-refractivity contribution in [3.8, 4) is 0 Å². The van der Waals surface area contributed by atoms with Crippen LogP contribution in [0.25, 0.3) is 0 Å². The largest absolute Gasteiger partial charge is 2.00 e. The molecule has 0 aromatic heterocycles. The van der Waals surface area contributed by atoms with Gasteiger partial charge in [0.15, 0.2) is 0 Å². The van der Waals surface area contributed by atoms with Gasteiger partial charge >= 0.3 is 23.1 Å². The topological polar surface area (TPSA) is 3.24 Å². The molecule has 0 aliphatic rings. The van der Waals surface area contributed by atoms with Crippen molar-refractivity contribution in [3.05, 3.63) is 30.3 Å². The van der Waals surface area contributed by atoms with E-state index < -0.39 is 16.5 Å². The van der Waals surface area contributed by atoms with E-state index in [9.17, 15) is 0 Å². The third-order valence-corrected chi connectivity index (χ3v) is 9.53. The molecule has 0 spiro atoms. The average Bonchev–Trinajstić information content (AvgIpc) is 2.00. The fourth-order valence-electron chi connectivity index (χ4n) is 2.31. The fourth-order valence-corrected chi connectivity index (χ4v) is 12.2. The van der Waals surface area contributed by atoms with Crippen molar-refractivity contribution in [1.82, 2.24) is 0 Å². The Bertz CT molecular complexity index is 306. The van der Waals surface area contributed by atoms with Crippen LogP contribution in [0.1, 0.15) is 0 Å². The van der Waals surface area contributed by atoms with Gasteiger partial charge < -0.3 is 16.6 Å². The second-order valence-corrected chi connectivity index (χ2v) is 16.0. The normalized spacial score (nSPS) is 11.2. The van der Waals surface area contributed by atoms with Crippen LogP contribution in [0.15, 0.2) is 24.3 Å². The van der Waals surface area contributed by atoms with Gasteiger partial charge in [0.2, 0.25) is 0 Å². The summed E-state index contributed by atoms with van der Waals surface area (Å²) in [6.07, 6.45) is 0. The molecule has 0 fully saturated rings. The molecule has 5 heteroatoms. The molecule has 1 aromatic rings. The van der Waals surface area contributed by atoms with E-state index in [-0.39, 0.29) is 35.5 Å². The summed E-state index contributed by atoms with van der Waals surface area (Å²) < 4.78 is 2.72. The Balaban J connectivity index is 0. The first kappa shape index (κ1) is 19.8. The van der Waals surface area contributed by atoms with Crippen molar-refractivity contribution >= 4 is 45.2 Å². The van der Waals surface area contributed by atoms with Gasteiger partial charge in [-0.15, -0.1) is 12.1 Å². The Hall–Kier alpha value is 0.510. The van der Waals surface area contributed by atoms with Crippen LogP contribution in [-0.2, 0) is 0 Å². The van der Waals surface area contributed by atoms with E-state index >= 15 is 0 Å². The van der Waals surface area contributed by atoms with Gasteiger partial charge in [-0.05, 0) is 0 Å². The maximum atomic E-state index is 3.09. The van der Waals surface area contributed by atoms with Gasteiger partial charge in [-0.3, -0.25) is 0 Å². The third-order valence-electron chi connectivity index (χ3n) is 2.30. The number of hydrogen-bond donors (Lipinski definition) is 0. The summed E-state index contributed by atoms with van der Waals surface area (Å²) in [5.41, 5.74) is 1.38. The van der Waals surface area contributed by atoms with E-state index in [1.807, 2.05) is 12.1 Å². The molecule has 0 aliphatic carbocycles. The van der Waals surface area contributed by atoms with Crippen molar-refractivity contribution in [2.45, 2.75) is 39.3 Å². The predicted molar refractivity (Wildman–Crippen MR) is 80.2 cm³/mol. The second-order valence-electron chi connectivity index (χ2n) is 5.94. The number of anilines is 1. The molecule has 17 heavy (non-hydrogen) atoms. The quantitative estimate of drug-likeness (QED) is 0.583. The summed E-state index contributed by atoms with van der Waals surface area (Å²) in [5, 5.41) is 0. The first-order valence-electron chi connectivity index (χ1n) is 5.49. The molecule has 0 heterocycles. The van der Waals surface area contributed by atoms with E-state index in [4.69, 9.17) is 0 Å². The van der Waals surface area contributed by atoms with Gasteiger partial charge in [0.25, 0.3) is 0 Å². The van der Waals surface area contributed by atoms with Crippen LogP contribution >= 0.6 is 0 Å². The summed E-state index contributed by atoms with van der Waals surface area (Å²) in [7, 11) is -2.56. The van der Waals surface area contributed by atoms with Crippen LogP contribution in [0.4, 0.5) is 5.69 Å². The van der Waals surface area contributed by atoms with E-state index in [0.29, 0.717) is 0 Å². The standard InChI is InChI=1S/C12H22NSi2.ClH.Mg/c1-14(2,3)13(15(4,5)6)12-10-8-7-9-11-12;;/h8-11H,1-6H3;1H;/q-1;;+2/p-1. The molecule has 0 atom stereocenters. The van der Waals surface area contributed by atoms with Crippen molar-refractivity contribution in [2.75, 3.05) is 4.23 Å². The van der Waals surface area contributed by atoms with Crippen molar-refractivity contribution in [2.24, 2.45) is 0 Å². The first-order valence-corrected chi connectivity index (χ1v) is 12.4. The molecule has 0 unspecified atom stereocenters.